The van der Waals surface area contributed by atoms with Crippen molar-refractivity contribution in [2.24, 2.45) is 0 Å². The van der Waals surface area contributed by atoms with Crippen molar-refractivity contribution in [1.29, 1.82) is 0 Å². The van der Waals surface area contributed by atoms with E-state index < -0.39 is 5.60 Å². The highest BCUT2D eigenvalue weighted by molar-refractivity contribution is 5.81. The summed E-state index contributed by atoms with van der Waals surface area (Å²) in [6.45, 7) is 8.30. The van der Waals surface area contributed by atoms with Crippen molar-refractivity contribution in [2.75, 3.05) is 19.6 Å². The normalized spacial score (nSPS) is 22.1. The third-order valence-electron chi connectivity index (χ3n) is 3.63. The summed E-state index contributed by atoms with van der Waals surface area (Å²) in [4.78, 5) is 14.0. The van der Waals surface area contributed by atoms with Gasteiger partial charge in [-0.3, -0.25) is 9.69 Å². The van der Waals surface area contributed by atoms with Gasteiger partial charge in [-0.2, -0.15) is 0 Å². The number of hydrogen-bond acceptors (Lipinski definition) is 3. The minimum absolute atomic E-state index is 0.0806. The molecule has 0 bridgehead atoms. The summed E-state index contributed by atoms with van der Waals surface area (Å²) in [7, 11) is 0. The highest BCUT2D eigenvalue weighted by Crippen LogP contribution is 2.22. The molecule has 2 N–H and O–H groups in total. The van der Waals surface area contributed by atoms with Gasteiger partial charge in [0.1, 0.15) is 0 Å². The molecule has 1 fully saturated rings. The molecule has 0 radical (unpaired) electrons. The van der Waals surface area contributed by atoms with Crippen LogP contribution in [0.25, 0.3) is 0 Å². The lowest BCUT2D eigenvalue weighted by atomic mass is 9.93. The fourth-order valence-electron chi connectivity index (χ4n) is 2.09. The van der Waals surface area contributed by atoms with Crippen LogP contribution >= 0.6 is 0 Å². The largest absolute Gasteiger partial charge is 0.390 e. The quantitative estimate of drug-likeness (QED) is 0.711. The zero-order valence-electron chi connectivity index (χ0n) is 11.3. The second kappa shape index (κ2) is 6.36. The highest BCUT2D eigenvalue weighted by Gasteiger charge is 2.31. The van der Waals surface area contributed by atoms with Crippen molar-refractivity contribution >= 4 is 5.91 Å². The zero-order valence-corrected chi connectivity index (χ0v) is 11.3. The van der Waals surface area contributed by atoms with E-state index in [9.17, 15) is 9.90 Å². The van der Waals surface area contributed by atoms with Crippen LogP contribution in [0, 0.1) is 0 Å². The number of nitrogens with zero attached hydrogens (tertiary/aromatic N) is 1. The first-order chi connectivity index (χ1) is 7.96. The van der Waals surface area contributed by atoms with Crippen LogP contribution in [0.4, 0.5) is 0 Å². The number of carbonyl (C=O) groups excluding carboxylic acids is 1. The van der Waals surface area contributed by atoms with Gasteiger partial charge in [0, 0.05) is 19.6 Å². The molecule has 4 heteroatoms. The SMILES string of the molecule is CCCCNC(=O)C(C)N1CCC(C)(O)CC1. The summed E-state index contributed by atoms with van der Waals surface area (Å²) < 4.78 is 0. The van der Waals surface area contributed by atoms with Crippen molar-refractivity contribution < 1.29 is 9.90 Å². The van der Waals surface area contributed by atoms with Gasteiger partial charge in [0.15, 0.2) is 0 Å². The highest BCUT2D eigenvalue weighted by atomic mass is 16.3. The molecular formula is C13H26N2O2. The molecule has 4 nitrogen and oxygen atoms in total. The van der Waals surface area contributed by atoms with E-state index in [0.29, 0.717) is 0 Å². The summed E-state index contributed by atoms with van der Waals surface area (Å²) in [5, 5.41) is 12.8. The average molecular weight is 242 g/mol. The Balaban J connectivity index is 2.32. The topological polar surface area (TPSA) is 52.6 Å². The number of unbranched alkanes of at least 4 members (excludes halogenated alkanes) is 1. The minimum Gasteiger partial charge on any atom is -0.390 e. The van der Waals surface area contributed by atoms with E-state index in [1.165, 1.54) is 0 Å². The van der Waals surface area contributed by atoms with E-state index in [1.54, 1.807) is 0 Å². The van der Waals surface area contributed by atoms with Crippen molar-refractivity contribution in [3.63, 3.8) is 0 Å². The van der Waals surface area contributed by atoms with Gasteiger partial charge in [-0.15, -0.1) is 0 Å². The van der Waals surface area contributed by atoms with E-state index in [1.807, 2.05) is 13.8 Å². The summed E-state index contributed by atoms with van der Waals surface area (Å²) in [5.41, 5.74) is -0.547. The fourth-order valence-corrected chi connectivity index (χ4v) is 2.09. The Morgan fingerprint density at radius 1 is 1.47 bits per heavy atom. The van der Waals surface area contributed by atoms with Crippen LogP contribution in [0.5, 0.6) is 0 Å². The summed E-state index contributed by atoms with van der Waals surface area (Å²) in [5.74, 6) is 0.111. The van der Waals surface area contributed by atoms with Crippen LogP contribution in [0.2, 0.25) is 0 Å². The molecule has 1 aliphatic heterocycles. The number of likely N-dealkylation sites (tertiary alicyclic amines) is 1. The second-order valence-corrected chi connectivity index (χ2v) is 5.35. The number of amides is 1. The number of piperidine rings is 1. The first-order valence-electron chi connectivity index (χ1n) is 6.70. The molecule has 1 saturated heterocycles. The zero-order chi connectivity index (χ0) is 12.9. The van der Waals surface area contributed by atoms with E-state index in [-0.39, 0.29) is 11.9 Å². The van der Waals surface area contributed by atoms with E-state index in [4.69, 9.17) is 0 Å². The van der Waals surface area contributed by atoms with Gasteiger partial charge in [-0.1, -0.05) is 13.3 Å². The summed E-state index contributed by atoms with van der Waals surface area (Å²) >= 11 is 0. The molecule has 1 aliphatic rings. The molecule has 0 aromatic rings. The molecule has 1 atom stereocenters. The fraction of sp³-hybridized carbons (Fsp3) is 0.923. The van der Waals surface area contributed by atoms with Crippen molar-refractivity contribution in [1.82, 2.24) is 10.2 Å². The number of carbonyl (C=O) groups is 1. The van der Waals surface area contributed by atoms with Crippen LogP contribution in [-0.4, -0.2) is 47.2 Å². The second-order valence-electron chi connectivity index (χ2n) is 5.35. The molecule has 1 heterocycles. The smallest absolute Gasteiger partial charge is 0.237 e. The third kappa shape index (κ3) is 4.64. The molecule has 0 aromatic heterocycles. The predicted octanol–water partition coefficient (Wildman–Crippen LogP) is 1.14. The Morgan fingerprint density at radius 3 is 2.59 bits per heavy atom. The Hall–Kier alpha value is -0.610. The van der Waals surface area contributed by atoms with Crippen LogP contribution in [-0.2, 0) is 4.79 Å². The maximum Gasteiger partial charge on any atom is 0.237 e. The third-order valence-corrected chi connectivity index (χ3v) is 3.63. The van der Waals surface area contributed by atoms with E-state index >= 15 is 0 Å². The maximum absolute atomic E-state index is 11.9. The predicted molar refractivity (Wildman–Crippen MR) is 68.8 cm³/mol. The molecule has 1 amide bonds. The Bertz CT molecular complexity index is 244. The number of aliphatic hydroxyl groups is 1. The van der Waals surface area contributed by atoms with Gasteiger partial charge in [0.25, 0.3) is 0 Å². The van der Waals surface area contributed by atoms with Gasteiger partial charge in [-0.25, -0.2) is 0 Å². The molecule has 0 saturated carbocycles. The molecule has 0 aliphatic carbocycles. The van der Waals surface area contributed by atoms with Crippen LogP contribution < -0.4 is 5.32 Å². The van der Waals surface area contributed by atoms with E-state index in [0.717, 1.165) is 45.3 Å². The van der Waals surface area contributed by atoms with Gasteiger partial charge in [-0.05, 0) is 33.1 Å². The average Bonchev–Trinajstić information content (AvgIpc) is 2.28. The summed E-state index contributed by atoms with van der Waals surface area (Å²) in [6.07, 6.45) is 3.63. The lowest BCUT2D eigenvalue weighted by Crippen LogP contribution is -2.51. The number of nitrogens with one attached hydrogen (secondary N) is 1. The molecule has 1 rings (SSSR count). The Kier molecular flexibility index (Phi) is 5.40. The molecule has 100 valence electrons. The maximum atomic E-state index is 11.9. The van der Waals surface area contributed by atoms with E-state index in [2.05, 4.69) is 17.1 Å². The van der Waals surface area contributed by atoms with Crippen molar-refractivity contribution in [3.8, 4) is 0 Å². The lowest BCUT2D eigenvalue weighted by Gasteiger charge is -2.38. The molecule has 0 spiro atoms. The lowest BCUT2D eigenvalue weighted by molar-refractivity contribution is -0.127. The van der Waals surface area contributed by atoms with Crippen molar-refractivity contribution in [3.05, 3.63) is 0 Å². The van der Waals surface area contributed by atoms with Gasteiger partial charge in [0.2, 0.25) is 5.91 Å². The summed E-state index contributed by atoms with van der Waals surface area (Å²) in [6, 6.07) is -0.0806. The number of hydrogen-bond donors (Lipinski definition) is 2. The molecule has 17 heavy (non-hydrogen) atoms. The number of rotatable bonds is 5. The monoisotopic (exact) mass is 242 g/mol. The van der Waals surface area contributed by atoms with Gasteiger partial charge in [0.05, 0.1) is 11.6 Å². The Morgan fingerprint density at radius 2 is 2.06 bits per heavy atom. The van der Waals surface area contributed by atoms with Crippen LogP contribution in [0.15, 0.2) is 0 Å². The molecule has 0 aromatic carbocycles. The Labute approximate surface area is 104 Å². The first-order valence-corrected chi connectivity index (χ1v) is 6.70. The van der Waals surface area contributed by atoms with Gasteiger partial charge >= 0.3 is 0 Å². The van der Waals surface area contributed by atoms with Crippen LogP contribution in [0.1, 0.15) is 46.5 Å². The van der Waals surface area contributed by atoms with Crippen LogP contribution in [0.3, 0.4) is 0 Å². The minimum atomic E-state index is -0.547. The first kappa shape index (κ1) is 14.5. The standard InChI is InChI=1S/C13H26N2O2/c1-4-5-8-14-12(16)11(2)15-9-6-13(3,17)7-10-15/h11,17H,4-10H2,1-3H3,(H,14,16). The molecular weight excluding hydrogens is 216 g/mol. The van der Waals surface area contributed by atoms with Crippen molar-refractivity contribution in [2.45, 2.75) is 58.1 Å². The molecule has 1 unspecified atom stereocenters. The van der Waals surface area contributed by atoms with Gasteiger partial charge < -0.3 is 10.4 Å².